The van der Waals surface area contributed by atoms with Gasteiger partial charge in [0.15, 0.2) is 0 Å². The van der Waals surface area contributed by atoms with Crippen LogP contribution >= 0.6 is 0 Å². The summed E-state index contributed by atoms with van der Waals surface area (Å²) >= 11 is 0. The van der Waals surface area contributed by atoms with Crippen LogP contribution in [-0.4, -0.2) is 35.1 Å². The second kappa shape index (κ2) is 6.87. The third-order valence-corrected chi connectivity index (χ3v) is 4.11. The molecule has 1 fully saturated rings. The molecular formula is C18H21N3O2. The van der Waals surface area contributed by atoms with E-state index in [4.69, 9.17) is 4.74 Å². The van der Waals surface area contributed by atoms with Gasteiger partial charge in [-0.15, -0.1) is 0 Å². The summed E-state index contributed by atoms with van der Waals surface area (Å²) in [4.78, 5) is 20.8. The number of nitrogens with zero attached hydrogens (tertiary/aromatic N) is 2. The molecule has 0 radical (unpaired) electrons. The van der Waals surface area contributed by atoms with Gasteiger partial charge in [-0.1, -0.05) is 0 Å². The van der Waals surface area contributed by atoms with Gasteiger partial charge in [-0.25, -0.2) is 0 Å². The van der Waals surface area contributed by atoms with Crippen molar-refractivity contribution in [3.63, 3.8) is 0 Å². The van der Waals surface area contributed by atoms with Crippen LogP contribution in [0.2, 0.25) is 0 Å². The number of pyridine rings is 2. The summed E-state index contributed by atoms with van der Waals surface area (Å²) in [5.41, 5.74) is 3.58. The molecule has 1 N–H and O–H groups in total. The number of aryl methyl sites for hydroxylation is 2. The maximum atomic E-state index is 12.5. The Morgan fingerprint density at radius 3 is 2.61 bits per heavy atom. The quantitative estimate of drug-likeness (QED) is 0.939. The average molecular weight is 311 g/mol. The standard InChI is InChI=1S/C18H21N3O2/c1-12-7-15(8-13(2)20-12)18(22)21-17-11-23-10-16(17)9-14-3-5-19-6-4-14/h3-8,16-17H,9-11H2,1-2H3,(H,21,22)/t16-,17+/m1/s1. The number of carbonyl (C=O) groups excluding carboxylic acids is 1. The molecule has 0 aliphatic carbocycles. The summed E-state index contributed by atoms with van der Waals surface area (Å²) in [5, 5.41) is 3.11. The molecule has 2 atom stereocenters. The predicted molar refractivity (Wildman–Crippen MR) is 87.2 cm³/mol. The van der Waals surface area contributed by atoms with Crippen LogP contribution in [-0.2, 0) is 11.2 Å². The number of aromatic nitrogens is 2. The van der Waals surface area contributed by atoms with Crippen LogP contribution in [0.1, 0.15) is 27.3 Å². The lowest BCUT2D eigenvalue weighted by molar-refractivity contribution is 0.0924. The topological polar surface area (TPSA) is 64.1 Å². The first-order chi connectivity index (χ1) is 11.1. The number of hydrogen-bond donors (Lipinski definition) is 1. The first-order valence-corrected chi connectivity index (χ1v) is 7.84. The molecule has 1 saturated heterocycles. The van der Waals surface area contributed by atoms with Crippen LogP contribution in [0.15, 0.2) is 36.7 Å². The van der Waals surface area contributed by atoms with Crippen molar-refractivity contribution >= 4 is 5.91 Å². The van der Waals surface area contributed by atoms with Crippen LogP contribution in [0.4, 0.5) is 0 Å². The first kappa shape index (κ1) is 15.6. The maximum absolute atomic E-state index is 12.5. The molecule has 120 valence electrons. The van der Waals surface area contributed by atoms with Gasteiger partial charge < -0.3 is 10.1 Å². The average Bonchev–Trinajstić information content (AvgIpc) is 2.94. The highest BCUT2D eigenvalue weighted by Crippen LogP contribution is 2.19. The van der Waals surface area contributed by atoms with Crippen LogP contribution in [0.25, 0.3) is 0 Å². The smallest absolute Gasteiger partial charge is 0.251 e. The summed E-state index contributed by atoms with van der Waals surface area (Å²) < 4.78 is 5.58. The molecule has 0 bridgehead atoms. The van der Waals surface area contributed by atoms with Crippen molar-refractivity contribution in [2.24, 2.45) is 5.92 Å². The first-order valence-electron chi connectivity index (χ1n) is 7.84. The molecule has 0 aromatic carbocycles. The third kappa shape index (κ3) is 3.93. The number of hydrogen-bond acceptors (Lipinski definition) is 4. The summed E-state index contributed by atoms with van der Waals surface area (Å²) in [6.07, 6.45) is 4.46. The fraction of sp³-hybridized carbons (Fsp3) is 0.389. The van der Waals surface area contributed by atoms with Crippen molar-refractivity contribution in [1.82, 2.24) is 15.3 Å². The largest absolute Gasteiger partial charge is 0.379 e. The molecule has 0 unspecified atom stereocenters. The second-order valence-electron chi connectivity index (χ2n) is 6.08. The van der Waals surface area contributed by atoms with E-state index in [9.17, 15) is 4.79 Å². The summed E-state index contributed by atoms with van der Waals surface area (Å²) in [7, 11) is 0. The molecule has 3 heterocycles. The Balaban J connectivity index is 1.67. The lowest BCUT2D eigenvalue weighted by Crippen LogP contribution is -2.40. The molecule has 23 heavy (non-hydrogen) atoms. The van der Waals surface area contributed by atoms with Gasteiger partial charge in [-0.2, -0.15) is 0 Å². The Morgan fingerprint density at radius 1 is 1.22 bits per heavy atom. The lowest BCUT2D eigenvalue weighted by atomic mass is 9.95. The highest BCUT2D eigenvalue weighted by atomic mass is 16.5. The zero-order valence-corrected chi connectivity index (χ0v) is 13.5. The van der Waals surface area contributed by atoms with Gasteiger partial charge in [-0.3, -0.25) is 14.8 Å². The van der Waals surface area contributed by atoms with Crippen molar-refractivity contribution < 1.29 is 9.53 Å². The minimum Gasteiger partial charge on any atom is -0.379 e. The van der Waals surface area contributed by atoms with Gasteiger partial charge in [0.05, 0.1) is 19.3 Å². The van der Waals surface area contributed by atoms with Crippen molar-refractivity contribution in [2.45, 2.75) is 26.3 Å². The highest BCUT2D eigenvalue weighted by molar-refractivity contribution is 5.94. The van der Waals surface area contributed by atoms with Gasteiger partial charge in [0, 0.05) is 35.3 Å². The van der Waals surface area contributed by atoms with Gasteiger partial charge in [0.25, 0.3) is 5.91 Å². The Morgan fingerprint density at radius 2 is 1.91 bits per heavy atom. The van der Waals surface area contributed by atoms with Gasteiger partial charge in [0.2, 0.25) is 0 Å². The Labute approximate surface area is 136 Å². The molecule has 0 spiro atoms. The van der Waals surface area contributed by atoms with Crippen molar-refractivity contribution in [3.05, 3.63) is 59.2 Å². The molecule has 1 amide bonds. The number of nitrogens with one attached hydrogen (secondary N) is 1. The zero-order chi connectivity index (χ0) is 16.2. The molecule has 2 aromatic heterocycles. The second-order valence-corrected chi connectivity index (χ2v) is 6.08. The van der Waals surface area contributed by atoms with Crippen LogP contribution in [0.5, 0.6) is 0 Å². The van der Waals surface area contributed by atoms with E-state index >= 15 is 0 Å². The predicted octanol–water partition coefficient (Wildman–Crippen LogP) is 2.08. The van der Waals surface area contributed by atoms with E-state index in [1.165, 1.54) is 5.56 Å². The molecular weight excluding hydrogens is 290 g/mol. The van der Waals surface area contributed by atoms with E-state index in [2.05, 4.69) is 15.3 Å². The lowest BCUT2D eigenvalue weighted by Gasteiger charge is -2.19. The molecule has 1 aliphatic rings. The third-order valence-electron chi connectivity index (χ3n) is 4.11. The molecule has 5 nitrogen and oxygen atoms in total. The minimum atomic E-state index is -0.0613. The Hall–Kier alpha value is -2.27. The molecule has 5 heteroatoms. The summed E-state index contributed by atoms with van der Waals surface area (Å²) in [6.45, 7) is 5.02. The van der Waals surface area contributed by atoms with Gasteiger partial charge in [0.1, 0.15) is 0 Å². The molecule has 1 aliphatic heterocycles. The monoisotopic (exact) mass is 311 g/mol. The van der Waals surface area contributed by atoms with Crippen LogP contribution in [0.3, 0.4) is 0 Å². The fourth-order valence-electron chi connectivity index (χ4n) is 3.00. The van der Waals surface area contributed by atoms with Crippen molar-refractivity contribution in [2.75, 3.05) is 13.2 Å². The molecule has 2 aromatic rings. The van der Waals surface area contributed by atoms with E-state index < -0.39 is 0 Å². The van der Waals surface area contributed by atoms with E-state index in [0.717, 1.165) is 17.8 Å². The van der Waals surface area contributed by atoms with Gasteiger partial charge >= 0.3 is 0 Å². The SMILES string of the molecule is Cc1cc(C(=O)N[C@H]2COC[C@H]2Cc2ccncc2)cc(C)n1. The van der Waals surface area contributed by atoms with E-state index in [1.807, 2.05) is 38.1 Å². The number of carbonyl (C=O) groups is 1. The number of ether oxygens (including phenoxy) is 1. The number of amides is 1. The van der Waals surface area contributed by atoms with Crippen LogP contribution < -0.4 is 5.32 Å². The molecule has 3 rings (SSSR count). The summed E-state index contributed by atoms with van der Waals surface area (Å²) in [5.74, 6) is 0.221. The number of rotatable bonds is 4. The van der Waals surface area contributed by atoms with Gasteiger partial charge in [-0.05, 0) is 50.1 Å². The van der Waals surface area contributed by atoms with Crippen molar-refractivity contribution in [3.8, 4) is 0 Å². The normalized spacial score (nSPS) is 20.4. The molecule has 0 saturated carbocycles. The van der Waals surface area contributed by atoms with Crippen molar-refractivity contribution in [1.29, 1.82) is 0 Å². The minimum absolute atomic E-state index is 0.0319. The van der Waals surface area contributed by atoms with E-state index in [0.29, 0.717) is 18.8 Å². The Bertz CT molecular complexity index is 668. The van der Waals surface area contributed by atoms with E-state index in [-0.39, 0.29) is 17.9 Å². The Kier molecular flexibility index (Phi) is 4.67. The highest BCUT2D eigenvalue weighted by Gasteiger charge is 2.30. The van der Waals surface area contributed by atoms with Crippen LogP contribution in [0, 0.1) is 19.8 Å². The fourth-order valence-corrected chi connectivity index (χ4v) is 3.00. The maximum Gasteiger partial charge on any atom is 0.251 e. The summed E-state index contributed by atoms with van der Waals surface area (Å²) in [6, 6.07) is 7.68. The zero-order valence-electron chi connectivity index (χ0n) is 13.5. The van der Waals surface area contributed by atoms with E-state index in [1.54, 1.807) is 12.4 Å².